The summed E-state index contributed by atoms with van der Waals surface area (Å²) in [5, 5.41) is 3.20. The highest BCUT2D eigenvalue weighted by Gasteiger charge is 2.39. The summed E-state index contributed by atoms with van der Waals surface area (Å²) in [6.07, 6.45) is -4.72. The molecule has 1 atom stereocenters. The third-order valence-electron chi connectivity index (χ3n) is 2.53. The molecule has 2 aromatic rings. The first kappa shape index (κ1) is 13.5. The molecule has 0 radical (unpaired) electrons. The second-order valence-electron chi connectivity index (χ2n) is 3.93. The summed E-state index contributed by atoms with van der Waals surface area (Å²) in [5.74, 6) is -2.22. The fourth-order valence-corrected chi connectivity index (χ4v) is 1.60. The van der Waals surface area contributed by atoms with Crippen molar-refractivity contribution in [3.05, 3.63) is 46.9 Å². The average molecular weight is 275 g/mol. The number of nitrogens with zero attached hydrogens (tertiary/aromatic N) is 2. The van der Waals surface area contributed by atoms with Crippen molar-refractivity contribution in [2.75, 3.05) is 0 Å². The molecule has 0 amide bonds. The van der Waals surface area contributed by atoms with Crippen molar-refractivity contribution in [3.63, 3.8) is 0 Å². The first-order valence-corrected chi connectivity index (χ1v) is 5.21. The number of benzene rings is 1. The summed E-state index contributed by atoms with van der Waals surface area (Å²) in [5.41, 5.74) is 6.67. The quantitative estimate of drug-likeness (QED) is 0.855. The van der Waals surface area contributed by atoms with E-state index in [1.807, 2.05) is 0 Å². The number of alkyl halides is 3. The Hall–Kier alpha value is -1.96. The van der Waals surface area contributed by atoms with Crippen molar-refractivity contribution in [3.8, 4) is 0 Å². The van der Waals surface area contributed by atoms with Crippen molar-refractivity contribution in [2.24, 2.45) is 5.73 Å². The number of hydrogen-bond acceptors (Lipinski definition) is 4. The molecule has 0 fully saturated rings. The van der Waals surface area contributed by atoms with Gasteiger partial charge in [0, 0.05) is 0 Å². The van der Waals surface area contributed by atoms with Crippen LogP contribution in [-0.4, -0.2) is 10.1 Å². The molecule has 0 saturated heterocycles. The second-order valence-corrected chi connectivity index (χ2v) is 3.93. The smallest absolute Gasteiger partial charge is 0.329 e. The van der Waals surface area contributed by atoms with Gasteiger partial charge in [-0.2, -0.15) is 18.2 Å². The van der Waals surface area contributed by atoms with Crippen molar-refractivity contribution >= 4 is 0 Å². The molecule has 0 aliphatic carbocycles. The summed E-state index contributed by atoms with van der Waals surface area (Å²) < 4.78 is 54.0. The molecule has 8 heteroatoms. The molecule has 102 valence electrons. The summed E-state index contributed by atoms with van der Waals surface area (Å²) in [7, 11) is 0. The maximum Gasteiger partial charge on any atom is 0.471 e. The lowest BCUT2D eigenvalue weighted by Crippen LogP contribution is -2.15. The van der Waals surface area contributed by atoms with Crippen LogP contribution in [0.3, 0.4) is 0 Å². The third kappa shape index (κ3) is 2.73. The van der Waals surface area contributed by atoms with Gasteiger partial charge in [-0.25, -0.2) is 4.39 Å². The van der Waals surface area contributed by atoms with Gasteiger partial charge in [0.2, 0.25) is 0 Å². The molecule has 1 aromatic heterocycles. The van der Waals surface area contributed by atoms with Crippen molar-refractivity contribution in [1.82, 2.24) is 10.1 Å². The topological polar surface area (TPSA) is 64.9 Å². The van der Waals surface area contributed by atoms with Gasteiger partial charge in [0.05, 0.1) is 6.04 Å². The number of nitrogens with two attached hydrogens (primary N) is 1. The third-order valence-corrected chi connectivity index (χ3v) is 2.53. The van der Waals surface area contributed by atoms with Gasteiger partial charge in [0.25, 0.3) is 0 Å². The summed E-state index contributed by atoms with van der Waals surface area (Å²) >= 11 is 0. The molecule has 1 unspecified atom stereocenters. The van der Waals surface area contributed by atoms with Crippen molar-refractivity contribution in [2.45, 2.75) is 19.1 Å². The zero-order chi connectivity index (χ0) is 14.2. The molecule has 2 N–H and O–H groups in total. The molecular formula is C11H9F4N3O. The highest BCUT2D eigenvalue weighted by molar-refractivity contribution is 5.32. The van der Waals surface area contributed by atoms with Gasteiger partial charge >= 0.3 is 12.1 Å². The number of aromatic nitrogens is 2. The molecule has 1 heterocycles. The molecule has 0 saturated carbocycles. The lowest BCUT2D eigenvalue weighted by atomic mass is 10.0. The highest BCUT2D eigenvalue weighted by Crippen LogP contribution is 2.29. The van der Waals surface area contributed by atoms with E-state index in [9.17, 15) is 17.6 Å². The van der Waals surface area contributed by atoms with Gasteiger partial charge in [-0.05, 0) is 30.2 Å². The standard InChI is InChI=1S/C11H9F4N3O/c1-5-4-6(12)2-3-7(5)8(16)9-17-10(19-18-9)11(13,14)15/h2-4,8H,16H2,1H3. The van der Waals surface area contributed by atoms with Gasteiger partial charge in [0.1, 0.15) is 5.82 Å². The van der Waals surface area contributed by atoms with E-state index in [-0.39, 0.29) is 5.82 Å². The number of aryl methyl sites for hydroxylation is 1. The van der Waals surface area contributed by atoms with E-state index in [2.05, 4.69) is 14.7 Å². The Morgan fingerprint density at radius 2 is 2.00 bits per heavy atom. The minimum atomic E-state index is -4.72. The van der Waals surface area contributed by atoms with Crippen LogP contribution >= 0.6 is 0 Å². The molecule has 0 spiro atoms. The van der Waals surface area contributed by atoms with Crippen LogP contribution in [0, 0.1) is 12.7 Å². The van der Waals surface area contributed by atoms with Crippen LogP contribution in [0.1, 0.15) is 28.9 Å². The predicted octanol–water partition coefficient (Wildman–Crippen LogP) is 2.58. The molecule has 19 heavy (non-hydrogen) atoms. The lowest BCUT2D eigenvalue weighted by Gasteiger charge is -2.10. The Morgan fingerprint density at radius 3 is 2.53 bits per heavy atom. The first-order chi connectivity index (χ1) is 8.79. The average Bonchev–Trinajstić information content (AvgIpc) is 2.76. The normalized spacial score (nSPS) is 13.6. The van der Waals surface area contributed by atoms with Gasteiger partial charge in [-0.1, -0.05) is 11.2 Å². The molecule has 0 aliphatic heterocycles. The molecule has 2 rings (SSSR count). The van der Waals surface area contributed by atoms with Gasteiger partial charge in [0.15, 0.2) is 5.82 Å². The Bertz CT molecular complexity index is 594. The van der Waals surface area contributed by atoms with E-state index in [4.69, 9.17) is 5.73 Å². The fraction of sp³-hybridized carbons (Fsp3) is 0.273. The van der Waals surface area contributed by atoms with Gasteiger partial charge in [-0.3, -0.25) is 0 Å². The Morgan fingerprint density at radius 1 is 1.32 bits per heavy atom. The first-order valence-electron chi connectivity index (χ1n) is 5.21. The number of halogens is 4. The predicted molar refractivity (Wildman–Crippen MR) is 56.5 cm³/mol. The molecular weight excluding hydrogens is 266 g/mol. The van der Waals surface area contributed by atoms with E-state index in [0.29, 0.717) is 11.1 Å². The number of rotatable bonds is 2. The lowest BCUT2D eigenvalue weighted by molar-refractivity contribution is -0.159. The second kappa shape index (κ2) is 4.61. The van der Waals surface area contributed by atoms with Crippen LogP contribution in [0.2, 0.25) is 0 Å². The summed E-state index contributed by atoms with van der Waals surface area (Å²) in [6.45, 7) is 1.59. The molecule has 1 aromatic carbocycles. The highest BCUT2D eigenvalue weighted by atomic mass is 19.4. The van der Waals surface area contributed by atoms with Gasteiger partial charge < -0.3 is 10.3 Å². The Kier molecular flexibility index (Phi) is 3.27. The van der Waals surface area contributed by atoms with Crippen molar-refractivity contribution in [1.29, 1.82) is 0 Å². The van der Waals surface area contributed by atoms with E-state index in [1.165, 1.54) is 12.1 Å². The van der Waals surface area contributed by atoms with Crippen LogP contribution in [0.25, 0.3) is 0 Å². The van der Waals surface area contributed by atoms with E-state index >= 15 is 0 Å². The summed E-state index contributed by atoms with van der Waals surface area (Å²) in [6, 6.07) is 2.74. The zero-order valence-electron chi connectivity index (χ0n) is 9.70. The minimum Gasteiger partial charge on any atom is -0.329 e. The van der Waals surface area contributed by atoms with Crippen LogP contribution in [0.15, 0.2) is 22.7 Å². The number of hydrogen-bond donors (Lipinski definition) is 1. The van der Waals surface area contributed by atoms with E-state index in [0.717, 1.165) is 6.07 Å². The van der Waals surface area contributed by atoms with E-state index in [1.54, 1.807) is 6.92 Å². The van der Waals surface area contributed by atoms with Crippen LogP contribution < -0.4 is 5.73 Å². The molecule has 0 bridgehead atoms. The van der Waals surface area contributed by atoms with E-state index < -0.39 is 23.9 Å². The monoisotopic (exact) mass is 275 g/mol. The van der Waals surface area contributed by atoms with Crippen LogP contribution in [0.4, 0.5) is 17.6 Å². The Balaban J connectivity index is 2.34. The molecule has 0 aliphatic rings. The fourth-order valence-electron chi connectivity index (χ4n) is 1.60. The maximum absolute atomic E-state index is 12.9. The summed E-state index contributed by atoms with van der Waals surface area (Å²) in [4.78, 5) is 3.20. The maximum atomic E-state index is 12.9. The Labute approximate surface area is 105 Å². The van der Waals surface area contributed by atoms with Gasteiger partial charge in [-0.15, -0.1) is 0 Å². The van der Waals surface area contributed by atoms with Crippen LogP contribution in [-0.2, 0) is 6.18 Å². The zero-order valence-corrected chi connectivity index (χ0v) is 9.70. The van der Waals surface area contributed by atoms with Crippen molar-refractivity contribution < 1.29 is 22.1 Å². The van der Waals surface area contributed by atoms with Crippen LogP contribution in [0.5, 0.6) is 0 Å². The largest absolute Gasteiger partial charge is 0.471 e. The molecule has 4 nitrogen and oxygen atoms in total. The minimum absolute atomic E-state index is 0.304. The SMILES string of the molecule is Cc1cc(F)ccc1C(N)c1noc(C(F)(F)F)n1.